The molecule has 0 radical (unpaired) electrons. The summed E-state index contributed by atoms with van der Waals surface area (Å²) in [6.45, 7) is 3.19. The number of carbonyl (C=O) groups excluding carboxylic acids is 2. The van der Waals surface area contributed by atoms with E-state index in [-0.39, 0.29) is 23.6 Å². The Morgan fingerprint density at radius 1 is 1.20 bits per heavy atom. The molecule has 7 heteroatoms. The van der Waals surface area contributed by atoms with Crippen LogP contribution in [0.15, 0.2) is 41.5 Å². The van der Waals surface area contributed by atoms with E-state index < -0.39 is 5.97 Å². The highest BCUT2D eigenvalue weighted by atomic mass is 16.5. The third-order valence-electron chi connectivity index (χ3n) is 3.83. The molecular weight excluding hydrogens is 322 g/mol. The first kappa shape index (κ1) is 16.6. The number of esters is 1. The number of nitrogens with zero attached hydrogens (tertiary/aromatic N) is 3. The van der Waals surface area contributed by atoms with Crippen molar-refractivity contribution in [2.24, 2.45) is 7.05 Å². The molecule has 3 aromatic heterocycles. The highest BCUT2D eigenvalue weighted by Crippen LogP contribution is 2.11. The van der Waals surface area contributed by atoms with Crippen molar-refractivity contribution in [3.63, 3.8) is 0 Å². The van der Waals surface area contributed by atoms with Crippen molar-refractivity contribution < 1.29 is 14.3 Å². The maximum absolute atomic E-state index is 12.2. The number of ether oxygens (including phenoxy) is 1. The van der Waals surface area contributed by atoms with Crippen molar-refractivity contribution >= 4 is 17.4 Å². The molecule has 0 aromatic carbocycles. The summed E-state index contributed by atoms with van der Waals surface area (Å²) in [5.41, 5.74) is 2.26. The van der Waals surface area contributed by atoms with Gasteiger partial charge in [0.15, 0.2) is 5.78 Å². The minimum Gasteiger partial charge on any atom is -0.455 e. The SMILES string of the molecule is CC(=O)c1cc(C(=O)OCc2cc(=O)n3cc(C)ccc3n2)n(C)c1. The molecular formula is C18H17N3O4. The summed E-state index contributed by atoms with van der Waals surface area (Å²) >= 11 is 0. The van der Waals surface area contributed by atoms with E-state index in [0.29, 0.717) is 16.9 Å². The molecule has 25 heavy (non-hydrogen) atoms. The zero-order valence-electron chi connectivity index (χ0n) is 14.1. The zero-order chi connectivity index (χ0) is 18.1. The number of ketones is 1. The first-order valence-electron chi connectivity index (χ1n) is 7.68. The minimum absolute atomic E-state index is 0.126. The quantitative estimate of drug-likeness (QED) is 0.535. The molecule has 0 bridgehead atoms. The normalized spacial score (nSPS) is 10.8. The van der Waals surface area contributed by atoms with Gasteiger partial charge in [0, 0.05) is 31.1 Å². The van der Waals surface area contributed by atoms with Gasteiger partial charge >= 0.3 is 5.97 Å². The molecule has 3 aromatic rings. The monoisotopic (exact) mass is 339 g/mol. The predicted octanol–water partition coefficient (Wildman–Crippen LogP) is 1.90. The molecule has 0 aliphatic rings. The number of fused-ring (bicyclic) bond motifs is 1. The lowest BCUT2D eigenvalue weighted by Gasteiger charge is -2.07. The number of hydrogen-bond acceptors (Lipinski definition) is 5. The van der Waals surface area contributed by atoms with Gasteiger partial charge in [-0.05, 0) is 31.5 Å². The Bertz CT molecular complexity index is 1050. The Morgan fingerprint density at radius 3 is 2.64 bits per heavy atom. The average Bonchev–Trinajstić information content (AvgIpc) is 2.95. The summed E-state index contributed by atoms with van der Waals surface area (Å²) in [4.78, 5) is 40.1. The Balaban J connectivity index is 1.80. The molecule has 0 saturated heterocycles. The highest BCUT2D eigenvalue weighted by molar-refractivity contribution is 5.97. The smallest absolute Gasteiger partial charge is 0.355 e. The third-order valence-corrected chi connectivity index (χ3v) is 3.83. The van der Waals surface area contributed by atoms with Crippen LogP contribution in [0, 0.1) is 6.92 Å². The molecule has 0 saturated carbocycles. The van der Waals surface area contributed by atoms with Crippen molar-refractivity contribution in [3.8, 4) is 0 Å². The van der Waals surface area contributed by atoms with Crippen molar-refractivity contribution in [1.82, 2.24) is 14.0 Å². The zero-order valence-corrected chi connectivity index (χ0v) is 14.1. The molecule has 0 aliphatic carbocycles. The summed E-state index contributed by atoms with van der Waals surface area (Å²) in [6, 6.07) is 6.41. The molecule has 128 valence electrons. The van der Waals surface area contributed by atoms with Gasteiger partial charge in [-0.2, -0.15) is 0 Å². The number of rotatable bonds is 4. The fourth-order valence-corrected chi connectivity index (χ4v) is 2.51. The number of carbonyl (C=O) groups is 2. The predicted molar refractivity (Wildman–Crippen MR) is 90.7 cm³/mol. The first-order valence-corrected chi connectivity index (χ1v) is 7.68. The summed E-state index contributed by atoms with van der Waals surface area (Å²) in [5.74, 6) is -0.713. The number of aryl methyl sites for hydroxylation is 2. The van der Waals surface area contributed by atoms with E-state index in [2.05, 4.69) is 4.98 Å². The lowest BCUT2D eigenvalue weighted by Crippen LogP contribution is -2.17. The number of aromatic nitrogens is 3. The molecule has 7 nitrogen and oxygen atoms in total. The van der Waals surface area contributed by atoms with Gasteiger partial charge < -0.3 is 9.30 Å². The second kappa shape index (κ2) is 6.35. The fraction of sp³-hybridized carbons (Fsp3) is 0.222. The van der Waals surface area contributed by atoms with Gasteiger partial charge in [-0.3, -0.25) is 14.0 Å². The van der Waals surface area contributed by atoms with Crippen LogP contribution in [0.25, 0.3) is 5.65 Å². The molecule has 0 aliphatic heterocycles. The van der Waals surface area contributed by atoms with Crippen LogP contribution >= 0.6 is 0 Å². The van der Waals surface area contributed by atoms with Crippen LogP contribution in [-0.2, 0) is 18.4 Å². The summed E-state index contributed by atoms with van der Waals surface area (Å²) in [6.07, 6.45) is 3.27. The Morgan fingerprint density at radius 2 is 1.96 bits per heavy atom. The van der Waals surface area contributed by atoms with E-state index in [0.717, 1.165) is 5.56 Å². The van der Waals surface area contributed by atoms with E-state index in [1.165, 1.54) is 28.0 Å². The van der Waals surface area contributed by atoms with Crippen molar-refractivity contribution in [2.45, 2.75) is 20.5 Å². The van der Waals surface area contributed by atoms with Crippen molar-refractivity contribution in [3.05, 3.63) is 69.5 Å². The van der Waals surface area contributed by atoms with E-state index in [9.17, 15) is 14.4 Å². The lowest BCUT2D eigenvalue weighted by molar-refractivity contribution is 0.0456. The van der Waals surface area contributed by atoms with Gasteiger partial charge in [-0.25, -0.2) is 9.78 Å². The van der Waals surface area contributed by atoms with E-state index in [1.807, 2.05) is 13.0 Å². The Kier molecular flexibility index (Phi) is 4.22. The molecule has 0 atom stereocenters. The van der Waals surface area contributed by atoms with Crippen molar-refractivity contribution in [1.29, 1.82) is 0 Å². The molecule has 0 fully saturated rings. The second-order valence-electron chi connectivity index (χ2n) is 5.88. The fourth-order valence-electron chi connectivity index (χ4n) is 2.51. The van der Waals surface area contributed by atoms with Gasteiger partial charge in [0.25, 0.3) is 5.56 Å². The number of pyridine rings is 1. The molecule has 0 amide bonds. The van der Waals surface area contributed by atoms with E-state index in [1.54, 1.807) is 25.5 Å². The van der Waals surface area contributed by atoms with E-state index in [4.69, 9.17) is 4.74 Å². The van der Waals surface area contributed by atoms with Gasteiger partial charge in [0.2, 0.25) is 0 Å². The molecule has 3 heterocycles. The standard InChI is InChI=1S/C18H17N3O4/c1-11-4-5-16-19-14(7-17(23)21(16)8-11)10-25-18(24)15-6-13(12(2)22)9-20(15)3/h4-9H,10H2,1-3H3. The summed E-state index contributed by atoms with van der Waals surface area (Å²) in [5, 5.41) is 0. The van der Waals surface area contributed by atoms with Gasteiger partial charge in [-0.15, -0.1) is 0 Å². The summed E-state index contributed by atoms with van der Waals surface area (Å²) < 4.78 is 8.21. The van der Waals surface area contributed by atoms with Crippen LogP contribution in [0.2, 0.25) is 0 Å². The van der Waals surface area contributed by atoms with Gasteiger partial charge in [0.1, 0.15) is 17.9 Å². The van der Waals surface area contributed by atoms with Crippen molar-refractivity contribution in [2.75, 3.05) is 0 Å². The van der Waals surface area contributed by atoms with Gasteiger partial charge in [-0.1, -0.05) is 6.07 Å². The Hall–Kier alpha value is -3.22. The third kappa shape index (κ3) is 3.35. The van der Waals surface area contributed by atoms with Crippen LogP contribution in [0.3, 0.4) is 0 Å². The maximum Gasteiger partial charge on any atom is 0.355 e. The molecule has 0 N–H and O–H groups in total. The Labute approximate surface area is 143 Å². The summed E-state index contributed by atoms with van der Waals surface area (Å²) in [7, 11) is 1.66. The lowest BCUT2D eigenvalue weighted by atomic mass is 10.2. The topological polar surface area (TPSA) is 82.7 Å². The van der Waals surface area contributed by atoms with Crippen LogP contribution in [0.5, 0.6) is 0 Å². The first-order chi connectivity index (χ1) is 11.8. The highest BCUT2D eigenvalue weighted by Gasteiger charge is 2.15. The second-order valence-corrected chi connectivity index (χ2v) is 5.88. The van der Waals surface area contributed by atoms with E-state index >= 15 is 0 Å². The minimum atomic E-state index is -0.582. The van der Waals surface area contributed by atoms with Crippen LogP contribution in [0.1, 0.15) is 39.0 Å². The van der Waals surface area contributed by atoms with Crippen LogP contribution < -0.4 is 5.56 Å². The molecule has 0 spiro atoms. The molecule has 3 rings (SSSR count). The number of Topliss-reactive ketones (excluding diaryl/α,β-unsaturated/α-hetero) is 1. The number of hydrogen-bond donors (Lipinski definition) is 0. The van der Waals surface area contributed by atoms with Gasteiger partial charge in [0.05, 0.1) is 5.69 Å². The average molecular weight is 339 g/mol. The van der Waals surface area contributed by atoms with Crippen LogP contribution in [0.4, 0.5) is 0 Å². The van der Waals surface area contributed by atoms with Crippen LogP contribution in [-0.4, -0.2) is 25.7 Å². The largest absolute Gasteiger partial charge is 0.455 e. The maximum atomic E-state index is 12.2. The molecule has 0 unspecified atom stereocenters.